The maximum atomic E-state index is 12.4. The van der Waals surface area contributed by atoms with Crippen LogP contribution in [0.5, 0.6) is 0 Å². The lowest BCUT2D eigenvalue weighted by molar-refractivity contribution is -0.119. The Kier molecular flexibility index (Phi) is 5.76. The van der Waals surface area contributed by atoms with Gasteiger partial charge in [-0.05, 0) is 44.5 Å². The van der Waals surface area contributed by atoms with Crippen LogP contribution in [0.1, 0.15) is 18.1 Å². The van der Waals surface area contributed by atoms with E-state index in [2.05, 4.69) is 15.6 Å². The van der Waals surface area contributed by atoms with Gasteiger partial charge in [-0.1, -0.05) is 35.9 Å². The molecule has 0 aliphatic rings. The van der Waals surface area contributed by atoms with Gasteiger partial charge in [-0.3, -0.25) is 15.1 Å². The number of pyridine rings is 1. The van der Waals surface area contributed by atoms with Gasteiger partial charge in [0.1, 0.15) is 0 Å². The summed E-state index contributed by atoms with van der Waals surface area (Å²) in [5.74, 6) is -0.344. The molecule has 27 heavy (non-hydrogen) atoms. The molecule has 138 valence electrons. The molecule has 0 aliphatic heterocycles. The van der Waals surface area contributed by atoms with Crippen LogP contribution < -0.4 is 10.6 Å². The monoisotopic (exact) mass is 379 g/mol. The standard InChI is InChI=1S/C21H21N3O2S/c1-13-8-9-17(14(2)12-13)23-21(26)24-20(25)15(3)27-19-10-11-22-18-7-5-4-6-16(18)19/h4-12,15H,1-3H3,(H2,23,24,25,26). The summed E-state index contributed by atoms with van der Waals surface area (Å²) < 4.78 is 0. The van der Waals surface area contributed by atoms with Crippen LogP contribution in [0.2, 0.25) is 0 Å². The number of imide groups is 1. The van der Waals surface area contributed by atoms with Crippen LogP contribution in [-0.4, -0.2) is 22.2 Å². The molecule has 3 aromatic rings. The summed E-state index contributed by atoms with van der Waals surface area (Å²) in [7, 11) is 0. The number of carbonyl (C=O) groups excluding carboxylic acids is 2. The minimum absolute atomic E-state index is 0.344. The maximum absolute atomic E-state index is 12.4. The summed E-state index contributed by atoms with van der Waals surface area (Å²) in [6.45, 7) is 5.68. The molecule has 5 nitrogen and oxygen atoms in total. The molecule has 0 aliphatic carbocycles. The van der Waals surface area contributed by atoms with Crippen molar-refractivity contribution in [2.24, 2.45) is 0 Å². The molecule has 2 aromatic carbocycles. The number of amides is 3. The fourth-order valence-electron chi connectivity index (χ4n) is 2.74. The van der Waals surface area contributed by atoms with Crippen LogP contribution in [0, 0.1) is 13.8 Å². The smallest absolute Gasteiger partial charge is 0.307 e. The van der Waals surface area contributed by atoms with Crippen LogP contribution in [0.15, 0.2) is 59.6 Å². The Hall–Kier alpha value is -2.86. The first kappa shape index (κ1) is 18.9. The van der Waals surface area contributed by atoms with Crippen molar-refractivity contribution in [2.75, 3.05) is 5.32 Å². The van der Waals surface area contributed by atoms with E-state index in [0.29, 0.717) is 5.69 Å². The Balaban J connectivity index is 1.64. The lowest BCUT2D eigenvalue weighted by atomic mass is 10.1. The van der Waals surface area contributed by atoms with Crippen LogP contribution in [0.4, 0.5) is 10.5 Å². The fourth-order valence-corrected chi connectivity index (χ4v) is 3.72. The molecule has 0 spiro atoms. The van der Waals surface area contributed by atoms with Crippen molar-refractivity contribution in [1.82, 2.24) is 10.3 Å². The van der Waals surface area contributed by atoms with Gasteiger partial charge in [0, 0.05) is 22.2 Å². The van der Waals surface area contributed by atoms with E-state index in [9.17, 15) is 9.59 Å². The maximum Gasteiger partial charge on any atom is 0.325 e. The molecule has 0 radical (unpaired) electrons. The molecule has 0 fully saturated rings. The number of urea groups is 1. The fraction of sp³-hybridized carbons (Fsp3) is 0.190. The molecule has 0 saturated carbocycles. The van der Waals surface area contributed by atoms with Gasteiger partial charge in [0.15, 0.2) is 0 Å². The number of hydrogen-bond acceptors (Lipinski definition) is 4. The van der Waals surface area contributed by atoms with Gasteiger partial charge in [0.25, 0.3) is 0 Å². The topological polar surface area (TPSA) is 71.1 Å². The van der Waals surface area contributed by atoms with Gasteiger partial charge in [-0.15, -0.1) is 11.8 Å². The molecule has 1 atom stereocenters. The van der Waals surface area contributed by atoms with E-state index in [4.69, 9.17) is 0 Å². The lowest BCUT2D eigenvalue weighted by Gasteiger charge is -2.14. The number of nitrogens with zero attached hydrogens (tertiary/aromatic N) is 1. The van der Waals surface area contributed by atoms with Crippen LogP contribution >= 0.6 is 11.8 Å². The summed E-state index contributed by atoms with van der Waals surface area (Å²) in [6.07, 6.45) is 1.72. The summed E-state index contributed by atoms with van der Waals surface area (Å²) in [4.78, 5) is 29.9. The van der Waals surface area contributed by atoms with Gasteiger partial charge in [0.2, 0.25) is 5.91 Å². The highest BCUT2D eigenvalue weighted by atomic mass is 32.2. The number of nitrogens with one attached hydrogen (secondary N) is 2. The van der Waals surface area contributed by atoms with E-state index in [1.165, 1.54) is 11.8 Å². The highest BCUT2D eigenvalue weighted by Gasteiger charge is 2.18. The van der Waals surface area contributed by atoms with Gasteiger partial charge in [0.05, 0.1) is 10.8 Å². The zero-order chi connectivity index (χ0) is 19.4. The molecular formula is C21H21N3O2S. The predicted molar refractivity (Wildman–Crippen MR) is 110 cm³/mol. The third-order valence-corrected chi connectivity index (χ3v) is 5.33. The number of benzene rings is 2. The SMILES string of the molecule is Cc1ccc(NC(=O)NC(=O)C(C)Sc2ccnc3ccccc23)c(C)c1. The van der Waals surface area contributed by atoms with Crippen molar-refractivity contribution in [3.63, 3.8) is 0 Å². The van der Waals surface area contributed by atoms with E-state index >= 15 is 0 Å². The second kappa shape index (κ2) is 8.22. The molecule has 6 heteroatoms. The second-order valence-electron chi connectivity index (χ2n) is 6.35. The van der Waals surface area contributed by atoms with Crippen molar-refractivity contribution < 1.29 is 9.59 Å². The summed E-state index contributed by atoms with van der Waals surface area (Å²) >= 11 is 1.40. The van der Waals surface area contributed by atoms with Crippen molar-refractivity contribution in [3.05, 3.63) is 65.9 Å². The first-order valence-electron chi connectivity index (χ1n) is 8.63. The highest BCUT2D eigenvalue weighted by Crippen LogP contribution is 2.29. The molecular weight excluding hydrogens is 358 g/mol. The minimum Gasteiger partial charge on any atom is -0.307 e. The van der Waals surface area contributed by atoms with Gasteiger partial charge in [-0.2, -0.15) is 0 Å². The highest BCUT2D eigenvalue weighted by molar-refractivity contribution is 8.00. The number of aromatic nitrogens is 1. The predicted octanol–water partition coefficient (Wildman–Crippen LogP) is 4.68. The molecule has 1 aromatic heterocycles. The third kappa shape index (κ3) is 4.65. The lowest BCUT2D eigenvalue weighted by Crippen LogP contribution is -2.39. The largest absolute Gasteiger partial charge is 0.325 e. The van der Waals surface area contributed by atoms with Crippen molar-refractivity contribution in [2.45, 2.75) is 30.9 Å². The summed E-state index contributed by atoms with van der Waals surface area (Å²) in [6, 6.07) is 14.8. The number of carbonyl (C=O) groups is 2. The quantitative estimate of drug-likeness (QED) is 0.646. The number of rotatable bonds is 4. The van der Waals surface area contributed by atoms with Gasteiger partial charge < -0.3 is 5.32 Å². The molecule has 0 saturated heterocycles. The Bertz CT molecular complexity index is 998. The number of para-hydroxylation sites is 1. The Labute approximate surface area is 162 Å². The normalized spacial score (nSPS) is 11.8. The molecule has 1 unspecified atom stereocenters. The average molecular weight is 379 g/mol. The number of anilines is 1. The number of fused-ring (bicyclic) bond motifs is 1. The Morgan fingerprint density at radius 3 is 2.63 bits per heavy atom. The molecule has 0 bridgehead atoms. The third-order valence-electron chi connectivity index (χ3n) is 4.15. The van der Waals surface area contributed by atoms with Crippen molar-refractivity contribution >= 4 is 40.3 Å². The second-order valence-corrected chi connectivity index (χ2v) is 7.73. The zero-order valence-electron chi connectivity index (χ0n) is 15.4. The van der Waals surface area contributed by atoms with Crippen LogP contribution in [-0.2, 0) is 4.79 Å². The van der Waals surface area contributed by atoms with Gasteiger partial charge in [-0.25, -0.2) is 4.79 Å². The molecule has 2 N–H and O–H groups in total. The van der Waals surface area contributed by atoms with Crippen LogP contribution in [0.25, 0.3) is 10.9 Å². The van der Waals surface area contributed by atoms with Crippen molar-refractivity contribution in [3.8, 4) is 0 Å². The first-order chi connectivity index (χ1) is 12.9. The summed E-state index contributed by atoms with van der Waals surface area (Å²) in [5.41, 5.74) is 3.63. The number of hydrogen-bond donors (Lipinski definition) is 2. The van der Waals surface area contributed by atoms with Crippen LogP contribution in [0.3, 0.4) is 0 Å². The van der Waals surface area contributed by atoms with E-state index in [1.807, 2.05) is 62.4 Å². The number of aryl methyl sites for hydroxylation is 2. The molecule has 3 amide bonds. The molecule has 1 heterocycles. The Morgan fingerprint density at radius 1 is 1.07 bits per heavy atom. The van der Waals surface area contributed by atoms with E-state index in [1.54, 1.807) is 13.1 Å². The first-order valence-corrected chi connectivity index (χ1v) is 9.51. The Morgan fingerprint density at radius 2 is 1.85 bits per heavy atom. The molecule has 3 rings (SSSR count). The average Bonchev–Trinajstić information content (AvgIpc) is 2.64. The minimum atomic E-state index is -0.529. The van der Waals surface area contributed by atoms with E-state index < -0.39 is 11.3 Å². The van der Waals surface area contributed by atoms with Gasteiger partial charge >= 0.3 is 6.03 Å². The zero-order valence-corrected chi connectivity index (χ0v) is 16.3. The number of thioether (sulfide) groups is 1. The summed E-state index contributed by atoms with van der Waals surface area (Å²) in [5, 5.41) is 5.70. The van der Waals surface area contributed by atoms with E-state index in [-0.39, 0.29) is 5.91 Å². The van der Waals surface area contributed by atoms with Crippen molar-refractivity contribution in [1.29, 1.82) is 0 Å². The van der Waals surface area contributed by atoms with E-state index in [0.717, 1.165) is 26.9 Å².